The number of hydrogen-bond donors (Lipinski definition) is 0. The molecule has 78 valence electrons. The average molecular weight is 204 g/mol. The fraction of sp³-hybridized carbons (Fsp3) is 1.00. The highest BCUT2D eigenvalue weighted by atomic mass is 35.5. The average Bonchev–Trinajstić information content (AvgIpc) is 2.03. The topological polar surface area (TPSA) is 3.24 Å². The van der Waals surface area contributed by atoms with Crippen molar-refractivity contribution >= 4 is 11.6 Å². The molecule has 0 radical (unpaired) electrons. The Labute approximate surface area is 87.4 Å². The van der Waals surface area contributed by atoms with Gasteiger partial charge in [-0.15, -0.1) is 11.6 Å². The Hall–Kier alpha value is 0.250. The molecule has 1 saturated heterocycles. The molecular formula is C11H22ClN. The van der Waals surface area contributed by atoms with Crippen LogP contribution in [0.5, 0.6) is 0 Å². The summed E-state index contributed by atoms with van der Waals surface area (Å²) in [5.41, 5.74) is 0. The summed E-state index contributed by atoms with van der Waals surface area (Å²) in [6.07, 6.45) is 5.18. The number of rotatable bonds is 4. The lowest BCUT2D eigenvalue weighted by Gasteiger charge is -2.29. The molecule has 0 aromatic carbocycles. The van der Waals surface area contributed by atoms with Gasteiger partial charge in [-0.1, -0.05) is 13.8 Å². The summed E-state index contributed by atoms with van der Waals surface area (Å²) >= 11 is 6.11. The molecule has 1 rings (SSSR count). The number of alkyl halides is 1. The smallest absolute Gasteiger partial charge is 0.0463 e. The van der Waals surface area contributed by atoms with Crippen molar-refractivity contribution in [2.24, 2.45) is 5.92 Å². The summed E-state index contributed by atoms with van der Waals surface area (Å²) in [4.78, 5) is 2.52. The van der Waals surface area contributed by atoms with Gasteiger partial charge in [0.05, 0.1) is 0 Å². The first-order valence-electron chi connectivity index (χ1n) is 5.55. The fourth-order valence-corrected chi connectivity index (χ4v) is 2.27. The molecule has 1 aliphatic rings. The second-order valence-corrected chi connectivity index (χ2v) is 5.19. The summed E-state index contributed by atoms with van der Waals surface area (Å²) in [7, 11) is 0. The highest BCUT2D eigenvalue weighted by Gasteiger charge is 2.16. The van der Waals surface area contributed by atoms with Crippen molar-refractivity contribution in [3.63, 3.8) is 0 Å². The van der Waals surface area contributed by atoms with Gasteiger partial charge in [-0.2, -0.15) is 0 Å². The van der Waals surface area contributed by atoms with Crippen LogP contribution < -0.4 is 0 Å². The van der Waals surface area contributed by atoms with E-state index in [0.29, 0.717) is 5.38 Å². The standard InChI is InChI=1S/C11H22ClN/c1-10(2)5-3-7-13-8-4-6-11(12)9-13/h10-11H,3-9H2,1-2H3. The molecule has 0 aromatic heterocycles. The van der Waals surface area contributed by atoms with Gasteiger partial charge in [0.1, 0.15) is 0 Å². The Balaban J connectivity index is 2.06. The van der Waals surface area contributed by atoms with E-state index >= 15 is 0 Å². The summed E-state index contributed by atoms with van der Waals surface area (Å²) in [6, 6.07) is 0. The first-order chi connectivity index (χ1) is 6.18. The van der Waals surface area contributed by atoms with E-state index in [1.807, 2.05) is 0 Å². The number of piperidine rings is 1. The molecule has 0 N–H and O–H groups in total. The molecule has 0 spiro atoms. The first kappa shape index (κ1) is 11.3. The molecule has 1 fully saturated rings. The summed E-state index contributed by atoms with van der Waals surface area (Å²) in [6.45, 7) is 8.21. The van der Waals surface area contributed by atoms with Gasteiger partial charge < -0.3 is 4.90 Å². The van der Waals surface area contributed by atoms with Gasteiger partial charge >= 0.3 is 0 Å². The van der Waals surface area contributed by atoms with E-state index < -0.39 is 0 Å². The number of likely N-dealkylation sites (tertiary alicyclic amines) is 1. The Kier molecular flexibility index (Phi) is 5.12. The van der Waals surface area contributed by atoms with Gasteiger partial charge in [0.2, 0.25) is 0 Å². The van der Waals surface area contributed by atoms with E-state index in [4.69, 9.17) is 11.6 Å². The molecule has 1 unspecified atom stereocenters. The molecule has 1 aliphatic heterocycles. The second-order valence-electron chi connectivity index (χ2n) is 4.58. The SMILES string of the molecule is CC(C)CCCN1CCCC(Cl)C1. The molecule has 0 aromatic rings. The minimum Gasteiger partial charge on any atom is -0.302 e. The predicted molar refractivity (Wildman–Crippen MR) is 59.4 cm³/mol. The van der Waals surface area contributed by atoms with Gasteiger partial charge in [-0.05, 0) is 44.7 Å². The molecule has 0 amide bonds. The summed E-state index contributed by atoms with van der Waals surface area (Å²) in [5.74, 6) is 0.844. The first-order valence-corrected chi connectivity index (χ1v) is 5.98. The zero-order valence-corrected chi connectivity index (χ0v) is 9.69. The van der Waals surface area contributed by atoms with Crippen molar-refractivity contribution in [1.82, 2.24) is 4.90 Å². The van der Waals surface area contributed by atoms with Crippen molar-refractivity contribution < 1.29 is 0 Å². The zero-order valence-electron chi connectivity index (χ0n) is 8.93. The molecule has 13 heavy (non-hydrogen) atoms. The normalized spacial score (nSPS) is 25.4. The van der Waals surface area contributed by atoms with Crippen molar-refractivity contribution in [2.75, 3.05) is 19.6 Å². The van der Waals surface area contributed by atoms with Crippen LogP contribution in [-0.2, 0) is 0 Å². The number of nitrogens with zero attached hydrogens (tertiary/aromatic N) is 1. The minimum absolute atomic E-state index is 0.410. The van der Waals surface area contributed by atoms with Crippen LogP contribution in [0, 0.1) is 5.92 Å². The number of hydrogen-bond acceptors (Lipinski definition) is 1. The third-order valence-corrected chi connectivity index (χ3v) is 3.06. The maximum atomic E-state index is 6.11. The molecule has 0 saturated carbocycles. The third-order valence-electron chi connectivity index (χ3n) is 2.70. The second kappa shape index (κ2) is 5.87. The van der Waals surface area contributed by atoms with Crippen LogP contribution in [0.2, 0.25) is 0 Å². The summed E-state index contributed by atoms with van der Waals surface area (Å²) in [5, 5.41) is 0.410. The third kappa shape index (κ3) is 4.87. The monoisotopic (exact) mass is 203 g/mol. The van der Waals surface area contributed by atoms with Crippen LogP contribution >= 0.6 is 11.6 Å². The van der Waals surface area contributed by atoms with Gasteiger partial charge in [0.15, 0.2) is 0 Å². The van der Waals surface area contributed by atoms with E-state index in [9.17, 15) is 0 Å². The van der Waals surface area contributed by atoms with Crippen molar-refractivity contribution in [2.45, 2.75) is 44.9 Å². The molecule has 2 heteroatoms. The maximum absolute atomic E-state index is 6.11. The van der Waals surface area contributed by atoms with Crippen molar-refractivity contribution in [3.05, 3.63) is 0 Å². The Morgan fingerprint density at radius 1 is 1.46 bits per heavy atom. The van der Waals surface area contributed by atoms with E-state index in [0.717, 1.165) is 12.5 Å². The Morgan fingerprint density at radius 2 is 2.23 bits per heavy atom. The largest absolute Gasteiger partial charge is 0.302 e. The predicted octanol–water partition coefficient (Wildman–Crippen LogP) is 3.13. The van der Waals surface area contributed by atoms with Crippen molar-refractivity contribution in [3.8, 4) is 0 Å². The fourth-order valence-electron chi connectivity index (χ4n) is 1.93. The zero-order chi connectivity index (χ0) is 9.68. The maximum Gasteiger partial charge on any atom is 0.0463 e. The number of halogens is 1. The van der Waals surface area contributed by atoms with Crippen LogP contribution in [0.25, 0.3) is 0 Å². The van der Waals surface area contributed by atoms with Gasteiger partial charge in [-0.25, -0.2) is 0 Å². The lowest BCUT2D eigenvalue weighted by atomic mass is 10.1. The van der Waals surface area contributed by atoms with Crippen LogP contribution in [0.15, 0.2) is 0 Å². The molecule has 1 heterocycles. The molecule has 1 nitrogen and oxygen atoms in total. The molecule has 1 atom stereocenters. The van der Waals surface area contributed by atoms with E-state index in [1.165, 1.54) is 38.8 Å². The van der Waals surface area contributed by atoms with Gasteiger partial charge in [0.25, 0.3) is 0 Å². The lowest BCUT2D eigenvalue weighted by Crippen LogP contribution is -2.36. The summed E-state index contributed by atoms with van der Waals surface area (Å²) < 4.78 is 0. The lowest BCUT2D eigenvalue weighted by molar-refractivity contribution is 0.224. The highest BCUT2D eigenvalue weighted by molar-refractivity contribution is 6.20. The van der Waals surface area contributed by atoms with Crippen LogP contribution in [0.1, 0.15) is 39.5 Å². The Morgan fingerprint density at radius 3 is 2.85 bits per heavy atom. The molecule has 0 aliphatic carbocycles. The highest BCUT2D eigenvalue weighted by Crippen LogP contribution is 2.15. The van der Waals surface area contributed by atoms with Gasteiger partial charge in [-0.3, -0.25) is 0 Å². The molecule has 0 bridgehead atoms. The van der Waals surface area contributed by atoms with Gasteiger partial charge in [0, 0.05) is 11.9 Å². The Bertz CT molecular complexity index is 136. The van der Waals surface area contributed by atoms with Crippen LogP contribution in [0.3, 0.4) is 0 Å². The van der Waals surface area contributed by atoms with Crippen LogP contribution in [-0.4, -0.2) is 29.9 Å². The van der Waals surface area contributed by atoms with E-state index in [-0.39, 0.29) is 0 Å². The quantitative estimate of drug-likeness (QED) is 0.635. The van der Waals surface area contributed by atoms with Crippen molar-refractivity contribution in [1.29, 1.82) is 0 Å². The molecular weight excluding hydrogens is 182 g/mol. The van der Waals surface area contributed by atoms with Crippen LogP contribution in [0.4, 0.5) is 0 Å². The minimum atomic E-state index is 0.410. The van der Waals surface area contributed by atoms with E-state index in [2.05, 4.69) is 18.7 Å². The van der Waals surface area contributed by atoms with E-state index in [1.54, 1.807) is 0 Å².